The molecule has 1 unspecified atom stereocenters. The van der Waals surface area contributed by atoms with E-state index in [9.17, 15) is 0 Å². The Hall–Kier alpha value is -3.53. The fourth-order valence-electron chi connectivity index (χ4n) is 5.93. The second kappa shape index (κ2) is 11.7. The molecule has 0 amide bonds. The summed E-state index contributed by atoms with van der Waals surface area (Å²) < 4.78 is 5.90. The van der Waals surface area contributed by atoms with E-state index in [1.54, 1.807) is 0 Å². The predicted molar refractivity (Wildman–Crippen MR) is 155 cm³/mol. The molecular formula is C30H38N8O. The normalized spacial score (nSPS) is 21.0. The minimum Gasteiger partial charge on any atom is -0.457 e. The third-order valence-electron chi connectivity index (χ3n) is 8.27. The molecular weight excluding hydrogens is 488 g/mol. The minimum absolute atomic E-state index is 0.294. The van der Waals surface area contributed by atoms with Crippen LogP contribution in [0.4, 0.5) is 11.6 Å². The van der Waals surface area contributed by atoms with Crippen molar-refractivity contribution in [2.45, 2.75) is 31.3 Å². The Kier molecular flexibility index (Phi) is 7.71. The van der Waals surface area contributed by atoms with Crippen molar-refractivity contribution >= 4 is 17.3 Å². The lowest BCUT2D eigenvalue weighted by Gasteiger charge is -2.37. The van der Waals surface area contributed by atoms with E-state index in [4.69, 9.17) is 15.9 Å². The number of likely N-dealkylation sites (tertiary alicyclic amines) is 2. The molecule has 3 aliphatic rings. The van der Waals surface area contributed by atoms with Gasteiger partial charge >= 0.3 is 0 Å². The minimum atomic E-state index is 0.294. The summed E-state index contributed by atoms with van der Waals surface area (Å²) in [6, 6.07) is 18.1. The summed E-state index contributed by atoms with van der Waals surface area (Å²) in [5, 5.41) is 15.9. The number of nitrogens with zero attached hydrogens (tertiary/aromatic N) is 4. The van der Waals surface area contributed by atoms with Crippen LogP contribution in [0.1, 0.15) is 30.4 Å². The molecule has 3 saturated heterocycles. The van der Waals surface area contributed by atoms with Crippen LogP contribution in [0.3, 0.4) is 0 Å². The van der Waals surface area contributed by atoms with Gasteiger partial charge in [0.25, 0.3) is 0 Å². The number of hydrogen-bond donors (Lipinski definition) is 4. The van der Waals surface area contributed by atoms with Crippen LogP contribution < -0.4 is 21.1 Å². The molecule has 6 rings (SSSR count). The van der Waals surface area contributed by atoms with Gasteiger partial charge in [-0.15, -0.1) is 0 Å². The van der Waals surface area contributed by atoms with E-state index >= 15 is 0 Å². The van der Waals surface area contributed by atoms with Crippen LogP contribution in [-0.2, 0) is 0 Å². The number of nitrogens with one attached hydrogen (secondary N) is 3. The molecule has 39 heavy (non-hydrogen) atoms. The molecule has 4 heterocycles. The Morgan fingerprint density at radius 1 is 0.974 bits per heavy atom. The van der Waals surface area contributed by atoms with Crippen LogP contribution in [0.5, 0.6) is 11.5 Å². The Bertz CT molecular complexity index is 1260. The fraction of sp³-hybridized carbons (Fsp3) is 0.433. The van der Waals surface area contributed by atoms with Crippen LogP contribution in [0.15, 0.2) is 60.9 Å². The van der Waals surface area contributed by atoms with Crippen molar-refractivity contribution in [2.75, 3.05) is 56.9 Å². The number of aromatic nitrogens is 2. The SMILES string of the molecule is N=C(c1ccc(Oc2ccccc2)cc1)c1c(N)ncnc1NC1CCN(C2CCN(CC3CNC3)C2)CC1. The number of piperidine rings is 1. The second-order valence-corrected chi connectivity index (χ2v) is 11.0. The molecule has 3 aromatic rings. The monoisotopic (exact) mass is 526 g/mol. The average molecular weight is 527 g/mol. The van der Waals surface area contributed by atoms with Gasteiger partial charge in [0.2, 0.25) is 0 Å². The molecule has 1 aromatic heterocycles. The maximum Gasteiger partial charge on any atom is 0.141 e. The van der Waals surface area contributed by atoms with E-state index in [2.05, 4.69) is 30.4 Å². The van der Waals surface area contributed by atoms with Crippen LogP contribution in [-0.4, -0.2) is 83.4 Å². The van der Waals surface area contributed by atoms with Crippen LogP contribution in [0.2, 0.25) is 0 Å². The maximum atomic E-state index is 8.93. The predicted octanol–water partition coefficient (Wildman–Crippen LogP) is 3.44. The summed E-state index contributed by atoms with van der Waals surface area (Å²) in [5.74, 6) is 3.28. The fourth-order valence-corrected chi connectivity index (χ4v) is 5.93. The zero-order valence-corrected chi connectivity index (χ0v) is 22.4. The van der Waals surface area contributed by atoms with Gasteiger partial charge in [-0.25, -0.2) is 9.97 Å². The highest BCUT2D eigenvalue weighted by molar-refractivity contribution is 6.16. The van der Waals surface area contributed by atoms with Gasteiger partial charge in [-0.3, -0.25) is 10.3 Å². The third-order valence-corrected chi connectivity index (χ3v) is 8.27. The van der Waals surface area contributed by atoms with Crippen molar-refractivity contribution in [1.29, 1.82) is 5.41 Å². The zero-order chi connectivity index (χ0) is 26.6. The second-order valence-electron chi connectivity index (χ2n) is 11.0. The smallest absolute Gasteiger partial charge is 0.141 e. The van der Waals surface area contributed by atoms with Crippen LogP contribution >= 0.6 is 0 Å². The average Bonchev–Trinajstić information content (AvgIpc) is 3.41. The molecule has 1 atom stereocenters. The van der Waals surface area contributed by atoms with Gasteiger partial charge in [-0.1, -0.05) is 18.2 Å². The van der Waals surface area contributed by atoms with Gasteiger partial charge in [0, 0.05) is 56.9 Å². The van der Waals surface area contributed by atoms with E-state index in [1.165, 1.54) is 45.5 Å². The molecule has 0 bridgehead atoms. The molecule has 0 radical (unpaired) electrons. The number of benzene rings is 2. The molecule has 5 N–H and O–H groups in total. The highest BCUT2D eigenvalue weighted by Gasteiger charge is 2.32. The summed E-state index contributed by atoms with van der Waals surface area (Å²) in [7, 11) is 0. The van der Waals surface area contributed by atoms with Gasteiger partial charge < -0.3 is 26.0 Å². The Morgan fingerprint density at radius 3 is 2.44 bits per heavy atom. The molecule has 0 saturated carbocycles. The van der Waals surface area contributed by atoms with Crippen LogP contribution in [0.25, 0.3) is 0 Å². The number of nitrogen functional groups attached to an aromatic ring is 1. The highest BCUT2D eigenvalue weighted by atomic mass is 16.5. The van der Waals surface area contributed by atoms with Crippen molar-refractivity contribution in [3.8, 4) is 11.5 Å². The Morgan fingerprint density at radius 2 is 1.72 bits per heavy atom. The van der Waals surface area contributed by atoms with Gasteiger partial charge in [0.05, 0.1) is 11.3 Å². The maximum absolute atomic E-state index is 8.93. The molecule has 9 heteroatoms. The Balaban J connectivity index is 1.06. The molecule has 9 nitrogen and oxygen atoms in total. The van der Waals surface area contributed by atoms with E-state index in [0.717, 1.165) is 43.2 Å². The summed E-state index contributed by atoms with van der Waals surface area (Å²) in [4.78, 5) is 14.0. The lowest BCUT2D eigenvalue weighted by Crippen LogP contribution is -2.49. The van der Waals surface area contributed by atoms with E-state index in [1.807, 2.05) is 54.6 Å². The molecule has 2 aromatic carbocycles. The zero-order valence-electron chi connectivity index (χ0n) is 22.4. The van der Waals surface area contributed by atoms with Gasteiger partial charge in [0.15, 0.2) is 0 Å². The first-order valence-electron chi connectivity index (χ1n) is 14.1. The highest BCUT2D eigenvalue weighted by Crippen LogP contribution is 2.28. The van der Waals surface area contributed by atoms with Crippen molar-refractivity contribution in [1.82, 2.24) is 25.1 Å². The lowest BCUT2D eigenvalue weighted by atomic mass is 10.0. The van der Waals surface area contributed by atoms with Crippen molar-refractivity contribution in [3.63, 3.8) is 0 Å². The Labute approximate surface area is 230 Å². The van der Waals surface area contributed by atoms with Crippen molar-refractivity contribution in [2.24, 2.45) is 5.92 Å². The van der Waals surface area contributed by atoms with Gasteiger partial charge in [-0.05, 0) is 68.1 Å². The summed E-state index contributed by atoms with van der Waals surface area (Å²) in [5.41, 5.74) is 7.87. The van der Waals surface area contributed by atoms with E-state index in [-0.39, 0.29) is 0 Å². The van der Waals surface area contributed by atoms with E-state index < -0.39 is 0 Å². The number of para-hydroxylation sites is 1. The first kappa shape index (κ1) is 25.7. The first-order valence-corrected chi connectivity index (χ1v) is 14.1. The quantitative estimate of drug-likeness (QED) is 0.314. The summed E-state index contributed by atoms with van der Waals surface area (Å²) in [6.07, 6.45) is 4.85. The van der Waals surface area contributed by atoms with Gasteiger partial charge in [0.1, 0.15) is 29.5 Å². The lowest BCUT2D eigenvalue weighted by molar-refractivity contribution is 0.148. The standard InChI is InChI=1S/C30H38N8O/c31-28(22-6-8-26(9-7-22)39-25-4-2-1-3-5-25)27-29(32)34-20-35-30(27)36-23-10-14-38(15-11-23)24-12-13-37(19-24)18-21-16-33-17-21/h1-9,20-21,23-24,31,33H,10-19H2,(H3,32,34,35,36). The molecule has 0 spiro atoms. The third kappa shape index (κ3) is 6.06. The van der Waals surface area contributed by atoms with Gasteiger partial charge in [-0.2, -0.15) is 0 Å². The number of anilines is 2. The number of nitrogens with two attached hydrogens (primary N) is 1. The van der Waals surface area contributed by atoms with Crippen molar-refractivity contribution < 1.29 is 4.74 Å². The van der Waals surface area contributed by atoms with E-state index in [0.29, 0.717) is 40.7 Å². The summed E-state index contributed by atoms with van der Waals surface area (Å²) in [6.45, 7) is 8.19. The number of rotatable bonds is 9. The first-order chi connectivity index (χ1) is 19.1. The molecule has 204 valence electrons. The molecule has 0 aliphatic carbocycles. The molecule has 3 fully saturated rings. The summed E-state index contributed by atoms with van der Waals surface area (Å²) >= 11 is 0. The number of ether oxygens (including phenoxy) is 1. The number of hydrogen-bond acceptors (Lipinski definition) is 9. The van der Waals surface area contributed by atoms with Crippen LogP contribution in [0, 0.1) is 11.3 Å². The van der Waals surface area contributed by atoms with Crippen molar-refractivity contribution in [3.05, 3.63) is 72.1 Å². The topological polar surface area (TPSA) is 115 Å². The largest absolute Gasteiger partial charge is 0.457 e. The molecule has 3 aliphatic heterocycles.